The molecule has 0 spiro atoms. The van der Waals surface area contributed by atoms with E-state index in [9.17, 15) is 4.79 Å². The van der Waals surface area contributed by atoms with Gasteiger partial charge in [-0.1, -0.05) is 27.7 Å². The van der Waals surface area contributed by atoms with Crippen molar-refractivity contribution in [1.82, 2.24) is 10.2 Å². The maximum atomic E-state index is 12.7. The second-order valence-electron chi connectivity index (χ2n) is 7.16. The van der Waals surface area contributed by atoms with E-state index in [1.807, 2.05) is 0 Å². The largest absolute Gasteiger partial charge is 0.341 e. The van der Waals surface area contributed by atoms with Gasteiger partial charge in [-0.25, -0.2) is 0 Å². The van der Waals surface area contributed by atoms with Crippen molar-refractivity contribution < 1.29 is 4.79 Å². The Hall–Kier alpha value is -0.280. The number of nitrogens with zero attached hydrogens (tertiary/aromatic N) is 1. The van der Waals surface area contributed by atoms with Crippen molar-refractivity contribution in [3.05, 3.63) is 0 Å². The van der Waals surface area contributed by atoms with Crippen LogP contribution in [0.1, 0.15) is 53.4 Å². The van der Waals surface area contributed by atoms with Gasteiger partial charge in [-0.05, 0) is 31.6 Å². The zero-order valence-corrected chi connectivity index (χ0v) is 13.6. The topological polar surface area (TPSA) is 32.3 Å². The van der Waals surface area contributed by atoms with Crippen LogP contribution in [0.2, 0.25) is 0 Å². The van der Waals surface area contributed by atoms with Crippen LogP contribution in [0.15, 0.2) is 0 Å². The molecule has 2 aliphatic rings. The molecular weight excluding hydrogens is 260 g/mol. The van der Waals surface area contributed by atoms with Gasteiger partial charge in [-0.3, -0.25) is 4.79 Å². The zero-order valence-electron chi connectivity index (χ0n) is 12.7. The third kappa shape index (κ3) is 4.09. The number of fused-ring (bicyclic) bond motifs is 2. The average Bonchev–Trinajstić information content (AvgIpc) is 2.55. The highest BCUT2D eigenvalue weighted by atomic mass is 35.5. The highest BCUT2D eigenvalue weighted by Gasteiger charge is 2.37. The van der Waals surface area contributed by atoms with Crippen LogP contribution in [0.3, 0.4) is 0 Å². The van der Waals surface area contributed by atoms with E-state index >= 15 is 0 Å². The number of amides is 1. The second kappa shape index (κ2) is 6.45. The summed E-state index contributed by atoms with van der Waals surface area (Å²) in [6.07, 6.45) is 4.63. The molecule has 2 heterocycles. The molecule has 3 nitrogen and oxygen atoms in total. The summed E-state index contributed by atoms with van der Waals surface area (Å²) in [7, 11) is 0. The number of hydrogen-bond acceptors (Lipinski definition) is 2. The molecule has 0 aromatic heterocycles. The molecule has 0 aliphatic carbocycles. The third-order valence-electron chi connectivity index (χ3n) is 4.31. The summed E-state index contributed by atoms with van der Waals surface area (Å²) in [5, 5.41) is 3.64. The van der Waals surface area contributed by atoms with E-state index in [-0.39, 0.29) is 17.8 Å². The van der Waals surface area contributed by atoms with Crippen LogP contribution in [0.5, 0.6) is 0 Å². The first kappa shape index (κ1) is 16.8. The van der Waals surface area contributed by atoms with Crippen LogP contribution in [0.25, 0.3) is 0 Å². The van der Waals surface area contributed by atoms with Gasteiger partial charge in [0.25, 0.3) is 0 Å². The molecule has 0 aromatic rings. The number of carbonyl (C=O) groups excluding carboxylic acids is 1. The van der Waals surface area contributed by atoms with Crippen molar-refractivity contribution in [2.24, 2.45) is 11.3 Å². The maximum Gasteiger partial charge on any atom is 0.228 e. The van der Waals surface area contributed by atoms with Crippen LogP contribution in [0, 0.1) is 11.3 Å². The molecule has 2 rings (SSSR count). The van der Waals surface area contributed by atoms with Crippen molar-refractivity contribution in [3.63, 3.8) is 0 Å². The first-order valence-corrected chi connectivity index (χ1v) is 7.44. The van der Waals surface area contributed by atoms with Gasteiger partial charge in [-0.15, -0.1) is 12.4 Å². The van der Waals surface area contributed by atoms with Crippen molar-refractivity contribution >= 4 is 18.3 Å². The third-order valence-corrected chi connectivity index (χ3v) is 4.31. The summed E-state index contributed by atoms with van der Waals surface area (Å²) >= 11 is 0. The van der Waals surface area contributed by atoms with E-state index in [2.05, 4.69) is 37.9 Å². The van der Waals surface area contributed by atoms with E-state index < -0.39 is 0 Å². The van der Waals surface area contributed by atoms with Gasteiger partial charge in [-0.2, -0.15) is 0 Å². The molecule has 1 amide bonds. The molecule has 0 radical (unpaired) electrons. The Morgan fingerprint density at radius 1 is 1.26 bits per heavy atom. The molecule has 2 saturated heterocycles. The molecule has 1 N–H and O–H groups in total. The molecule has 2 unspecified atom stereocenters. The number of likely N-dealkylation sites (tertiary alicyclic amines) is 1. The van der Waals surface area contributed by atoms with Gasteiger partial charge in [0.2, 0.25) is 5.91 Å². The standard InChI is InChI=1S/C15H28N2O.ClH/c1-11(2)9-15(3,4)14(18)17-8-7-12-5-6-13(10-17)16-12;/h11-13,16H,5-10H2,1-4H3;1H. The maximum absolute atomic E-state index is 12.7. The van der Waals surface area contributed by atoms with Crippen molar-refractivity contribution in [1.29, 1.82) is 0 Å². The smallest absolute Gasteiger partial charge is 0.228 e. The second-order valence-corrected chi connectivity index (χ2v) is 7.16. The lowest BCUT2D eigenvalue weighted by molar-refractivity contribution is -0.141. The van der Waals surface area contributed by atoms with Crippen LogP contribution in [-0.2, 0) is 4.79 Å². The predicted molar refractivity (Wildman–Crippen MR) is 81.6 cm³/mol. The zero-order chi connectivity index (χ0) is 13.3. The lowest BCUT2D eigenvalue weighted by Crippen LogP contribution is -2.45. The Morgan fingerprint density at radius 2 is 1.89 bits per heavy atom. The van der Waals surface area contributed by atoms with E-state index in [1.165, 1.54) is 12.8 Å². The summed E-state index contributed by atoms with van der Waals surface area (Å²) < 4.78 is 0. The van der Waals surface area contributed by atoms with Gasteiger partial charge in [0.15, 0.2) is 0 Å². The Morgan fingerprint density at radius 3 is 2.53 bits per heavy atom. The summed E-state index contributed by atoms with van der Waals surface area (Å²) in [5.74, 6) is 0.927. The van der Waals surface area contributed by atoms with E-state index in [0.717, 1.165) is 25.9 Å². The predicted octanol–water partition coefficient (Wildman–Crippen LogP) is 2.83. The fraction of sp³-hybridized carbons (Fsp3) is 0.933. The average molecular weight is 289 g/mol. The van der Waals surface area contributed by atoms with E-state index in [0.29, 0.717) is 23.9 Å². The van der Waals surface area contributed by atoms with E-state index in [1.54, 1.807) is 0 Å². The minimum Gasteiger partial charge on any atom is -0.341 e. The van der Waals surface area contributed by atoms with Crippen molar-refractivity contribution in [3.8, 4) is 0 Å². The molecule has 4 heteroatoms. The number of hydrogen-bond donors (Lipinski definition) is 1. The lowest BCUT2D eigenvalue weighted by Gasteiger charge is -2.34. The Kier molecular flexibility index (Phi) is 5.69. The quantitative estimate of drug-likeness (QED) is 0.866. The number of carbonyl (C=O) groups is 1. The number of rotatable bonds is 3. The minimum absolute atomic E-state index is 0. The van der Waals surface area contributed by atoms with Crippen molar-refractivity contribution in [2.45, 2.75) is 65.5 Å². The summed E-state index contributed by atoms with van der Waals surface area (Å²) in [6, 6.07) is 1.19. The summed E-state index contributed by atoms with van der Waals surface area (Å²) in [4.78, 5) is 14.8. The Bertz CT molecular complexity index is 317. The highest BCUT2D eigenvalue weighted by molar-refractivity contribution is 5.85. The molecule has 2 atom stereocenters. The molecule has 2 aliphatic heterocycles. The Balaban J connectivity index is 0.00000180. The minimum atomic E-state index is -0.211. The summed E-state index contributed by atoms with van der Waals surface area (Å²) in [5.41, 5.74) is -0.211. The first-order valence-electron chi connectivity index (χ1n) is 7.44. The van der Waals surface area contributed by atoms with Gasteiger partial charge in [0.1, 0.15) is 0 Å². The molecule has 112 valence electrons. The molecule has 0 aromatic carbocycles. The molecule has 2 bridgehead atoms. The highest BCUT2D eigenvalue weighted by Crippen LogP contribution is 2.30. The SMILES string of the molecule is CC(C)CC(C)(C)C(=O)N1CCC2CCC(C1)N2.Cl. The first-order chi connectivity index (χ1) is 8.38. The molecule has 2 fully saturated rings. The summed E-state index contributed by atoms with van der Waals surface area (Å²) in [6.45, 7) is 10.4. The number of nitrogens with one attached hydrogen (secondary N) is 1. The van der Waals surface area contributed by atoms with Crippen LogP contribution in [-0.4, -0.2) is 36.0 Å². The monoisotopic (exact) mass is 288 g/mol. The van der Waals surface area contributed by atoms with Crippen LogP contribution >= 0.6 is 12.4 Å². The van der Waals surface area contributed by atoms with E-state index in [4.69, 9.17) is 0 Å². The Labute approximate surface area is 123 Å². The number of halogens is 1. The molecule has 0 saturated carbocycles. The van der Waals surface area contributed by atoms with Crippen LogP contribution < -0.4 is 5.32 Å². The normalized spacial score (nSPS) is 27.1. The van der Waals surface area contributed by atoms with Gasteiger partial charge in [0, 0.05) is 30.6 Å². The van der Waals surface area contributed by atoms with Crippen LogP contribution in [0.4, 0.5) is 0 Å². The lowest BCUT2D eigenvalue weighted by atomic mass is 9.82. The van der Waals surface area contributed by atoms with Gasteiger partial charge in [0.05, 0.1) is 0 Å². The molecular formula is C15H29ClN2O. The van der Waals surface area contributed by atoms with Gasteiger partial charge >= 0.3 is 0 Å². The van der Waals surface area contributed by atoms with Crippen molar-refractivity contribution in [2.75, 3.05) is 13.1 Å². The molecule has 19 heavy (non-hydrogen) atoms. The van der Waals surface area contributed by atoms with Gasteiger partial charge < -0.3 is 10.2 Å². The fourth-order valence-corrected chi connectivity index (χ4v) is 3.66. The fourth-order valence-electron chi connectivity index (χ4n) is 3.66.